The van der Waals surface area contributed by atoms with Crippen molar-refractivity contribution in [3.05, 3.63) is 63.6 Å². The van der Waals surface area contributed by atoms with Gasteiger partial charge in [0.2, 0.25) is 11.4 Å². The van der Waals surface area contributed by atoms with Gasteiger partial charge in [0.05, 0.1) is 5.39 Å². The van der Waals surface area contributed by atoms with Crippen molar-refractivity contribution in [1.82, 2.24) is 19.9 Å². The number of rotatable bonds is 5. The Bertz CT molecular complexity index is 1330. The summed E-state index contributed by atoms with van der Waals surface area (Å²) in [5, 5.41) is 13.0. The summed E-state index contributed by atoms with van der Waals surface area (Å²) in [5.74, 6) is -1.28. The molecule has 1 atom stereocenters. The monoisotopic (exact) mass is 447 g/mol. The predicted octanol–water partition coefficient (Wildman–Crippen LogP) is 2.07. The van der Waals surface area contributed by atoms with Gasteiger partial charge in [0.15, 0.2) is 5.54 Å². The van der Waals surface area contributed by atoms with Gasteiger partial charge in [-0.3, -0.25) is 9.59 Å². The molecular formula is C24H25N5O4. The second kappa shape index (κ2) is 7.99. The molecule has 1 aliphatic carbocycles. The van der Waals surface area contributed by atoms with E-state index in [1.54, 1.807) is 16.7 Å². The quantitative estimate of drug-likeness (QED) is 0.615. The Balaban J connectivity index is 1.56. The summed E-state index contributed by atoms with van der Waals surface area (Å²) in [6.07, 6.45) is 5.86. The van der Waals surface area contributed by atoms with Gasteiger partial charge in [-0.25, -0.2) is 9.78 Å². The van der Waals surface area contributed by atoms with Crippen molar-refractivity contribution in [1.29, 1.82) is 0 Å². The topological polar surface area (TPSA) is 117 Å². The van der Waals surface area contributed by atoms with E-state index in [1.807, 2.05) is 19.1 Å². The molecule has 2 N–H and O–H groups in total. The van der Waals surface area contributed by atoms with Crippen LogP contribution in [-0.4, -0.2) is 44.6 Å². The molecule has 2 aliphatic rings. The van der Waals surface area contributed by atoms with Crippen molar-refractivity contribution in [3.63, 3.8) is 0 Å². The van der Waals surface area contributed by atoms with Crippen molar-refractivity contribution >= 4 is 28.9 Å². The van der Waals surface area contributed by atoms with Gasteiger partial charge in [0.25, 0.3) is 5.91 Å². The predicted molar refractivity (Wildman–Crippen MR) is 122 cm³/mol. The number of nitrogens with zero attached hydrogens (tertiary/aromatic N) is 4. The highest BCUT2D eigenvalue weighted by Gasteiger charge is 2.47. The van der Waals surface area contributed by atoms with Gasteiger partial charge in [-0.05, 0) is 43.7 Å². The Morgan fingerprint density at radius 2 is 1.97 bits per heavy atom. The standard InChI is InChI=1S/C24H25N5O4/c1-2-28-14-17(19(30)16-13-25-23(26-20(16)28)29-11-5-6-12-29)21(31)27-24(22(32)33)10-9-15-7-3-4-8-18(15)24/h3-4,7-8,13-14H,2,5-6,9-12H2,1H3,(H,27,31)(H,32,33). The fraction of sp³-hybridized carbons (Fsp3) is 0.375. The molecule has 0 saturated carbocycles. The highest BCUT2D eigenvalue weighted by atomic mass is 16.4. The molecule has 1 saturated heterocycles. The second-order valence-corrected chi connectivity index (χ2v) is 8.58. The number of carbonyl (C=O) groups excluding carboxylic acids is 1. The molecule has 0 bridgehead atoms. The van der Waals surface area contributed by atoms with E-state index in [9.17, 15) is 19.5 Å². The lowest BCUT2D eigenvalue weighted by atomic mass is 9.91. The molecule has 9 nitrogen and oxygen atoms in total. The highest BCUT2D eigenvalue weighted by Crippen LogP contribution is 2.37. The number of carboxylic acid groups (broad SMARTS) is 1. The maximum absolute atomic E-state index is 13.3. The first kappa shape index (κ1) is 21.1. The number of hydrogen-bond donors (Lipinski definition) is 2. The number of carbonyl (C=O) groups is 2. The minimum absolute atomic E-state index is 0.119. The second-order valence-electron chi connectivity index (χ2n) is 8.58. The first-order valence-corrected chi connectivity index (χ1v) is 11.2. The van der Waals surface area contributed by atoms with E-state index in [0.717, 1.165) is 31.5 Å². The molecule has 3 aromatic rings. The van der Waals surface area contributed by atoms with Crippen molar-refractivity contribution in [2.24, 2.45) is 0 Å². The maximum Gasteiger partial charge on any atom is 0.334 e. The van der Waals surface area contributed by atoms with Crippen molar-refractivity contribution in [3.8, 4) is 0 Å². The smallest absolute Gasteiger partial charge is 0.334 e. The average Bonchev–Trinajstić information content (AvgIpc) is 3.49. The number of aryl methyl sites for hydroxylation is 2. The minimum Gasteiger partial charge on any atom is -0.479 e. The zero-order valence-electron chi connectivity index (χ0n) is 18.4. The molecule has 5 rings (SSSR count). The largest absolute Gasteiger partial charge is 0.479 e. The van der Waals surface area contributed by atoms with Gasteiger partial charge in [0.1, 0.15) is 11.2 Å². The molecule has 1 fully saturated rings. The fourth-order valence-electron chi connectivity index (χ4n) is 4.91. The zero-order valence-corrected chi connectivity index (χ0v) is 18.4. The first-order valence-electron chi connectivity index (χ1n) is 11.2. The van der Waals surface area contributed by atoms with Crippen LogP contribution in [0, 0.1) is 0 Å². The highest BCUT2D eigenvalue weighted by molar-refractivity contribution is 6.00. The van der Waals surface area contributed by atoms with Gasteiger partial charge in [-0.2, -0.15) is 4.98 Å². The number of hydrogen-bond acceptors (Lipinski definition) is 6. The Morgan fingerprint density at radius 1 is 1.21 bits per heavy atom. The number of aliphatic carboxylic acids is 1. The molecule has 9 heteroatoms. The zero-order chi connectivity index (χ0) is 23.2. The normalized spacial score (nSPS) is 19.6. The Labute approximate surface area is 190 Å². The number of fused-ring (bicyclic) bond motifs is 2. The van der Waals surface area contributed by atoms with E-state index >= 15 is 0 Å². The molecule has 1 aromatic carbocycles. The molecule has 1 unspecified atom stereocenters. The molecule has 33 heavy (non-hydrogen) atoms. The number of amides is 1. The van der Waals surface area contributed by atoms with Crippen molar-refractivity contribution in [2.75, 3.05) is 18.0 Å². The average molecular weight is 447 g/mol. The van der Waals surface area contributed by atoms with Crippen LogP contribution in [0.5, 0.6) is 0 Å². The lowest BCUT2D eigenvalue weighted by molar-refractivity contribution is -0.144. The van der Waals surface area contributed by atoms with Crippen molar-refractivity contribution < 1.29 is 14.7 Å². The van der Waals surface area contributed by atoms with Crippen LogP contribution in [0.4, 0.5) is 5.95 Å². The Morgan fingerprint density at radius 3 is 2.70 bits per heavy atom. The van der Waals surface area contributed by atoms with Crippen molar-refractivity contribution in [2.45, 2.75) is 44.7 Å². The lowest BCUT2D eigenvalue weighted by Crippen LogP contribution is -2.51. The van der Waals surface area contributed by atoms with Crippen LogP contribution in [-0.2, 0) is 23.3 Å². The van der Waals surface area contributed by atoms with Crippen LogP contribution >= 0.6 is 0 Å². The van der Waals surface area contributed by atoms with E-state index in [-0.39, 0.29) is 17.4 Å². The van der Waals surface area contributed by atoms with E-state index in [1.165, 1.54) is 12.4 Å². The number of carboxylic acids is 1. The van der Waals surface area contributed by atoms with Gasteiger partial charge >= 0.3 is 5.97 Å². The van der Waals surface area contributed by atoms with Gasteiger partial charge < -0.3 is 19.9 Å². The number of nitrogens with one attached hydrogen (secondary N) is 1. The summed E-state index contributed by atoms with van der Waals surface area (Å²) in [6, 6.07) is 7.18. The van der Waals surface area contributed by atoms with Crippen LogP contribution in [0.3, 0.4) is 0 Å². The van der Waals surface area contributed by atoms with Gasteiger partial charge in [-0.1, -0.05) is 24.3 Å². The molecule has 0 radical (unpaired) electrons. The van der Waals surface area contributed by atoms with E-state index in [2.05, 4.69) is 20.2 Å². The molecule has 1 amide bonds. The fourth-order valence-corrected chi connectivity index (χ4v) is 4.91. The molecule has 2 aromatic heterocycles. The van der Waals surface area contributed by atoms with Crippen LogP contribution in [0.1, 0.15) is 47.7 Å². The molecule has 1 aliphatic heterocycles. The number of aromatic nitrogens is 3. The first-order chi connectivity index (χ1) is 15.9. The number of benzene rings is 1. The van der Waals surface area contributed by atoms with E-state index in [4.69, 9.17) is 0 Å². The summed E-state index contributed by atoms with van der Waals surface area (Å²) in [6.45, 7) is 4.14. The lowest BCUT2D eigenvalue weighted by Gasteiger charge is -2.27. The van der Waals surface area contributed by atoms with Gasteiger partial charge in [-0.15, -0.1) is 0 Å². The van der Waals surface area contributed by atoms with Crippen LogP contribution < -0.4 is 15.6 Å². The molecule has 0 spiro atoms. The summed E-state index contributed by atoms with van der Waals surface area (Å²) in [4.78, 5) is 49.9. The van der Waals surface area contributed by atoms with Gasteiger partial charge in [0, 0.05) is 32.0 Å². The van der Waals surface area contributed by atoms with Crippen LogP contribution in [0.2, 0.25) is 0 Å². The van der Waals surface area contributed by atoms with Crippen LogP contribution in [0.15, 0.2) is 41.5 Å². The molecular weight excluding hydrogens is 422 g/mol. The number of pyridine rings is 1. The molecule has 3 heterocycles. The van der Waals surface area contributed by atoms with Crippen LogP contribution in [0.25, 0.3) is 11.0 Å². The summed E-state index contributed by atoms with van der Waals surface area (Å²) >= 11 is 0. The third kappa shape index (κ3) is 3.35. The number of anilines is 1. The summed E-state index contributed by atoms with van der Waals surface area (Å²) in [7, 11) is 0. The maximum atomic E-state index is 13.3. The Kier molecular flexibility index (Phi) is 5.11. The summed E-state index contributed by atoms with van der Waals surface area (Å²) in [5.41, 5.74) is -0.287. The summed E-state index contributed by atoms with van der Waals surface area (Å²) < 4.78 is 1.74. The van der Waals surface area contributed by atoms with E-state index in [0.29, 0.717) is 30.1 Å². The third-order valence-corrected chi connectivity index (χ3v) is 6.71. The SMILES string of the molecule is CCn1cc(C(=O)NC2(C(=O)O)CCc3ccccc32)c(=O)c2cnc(N3CCCC3)nc21. The van der Waals surface area contributed by atoms with E-state index < -0.39 is 22.8 Å². The minimum atomic E-state index is -1.57. The Hall–Kier alpha value is -3.75. The molecule has 170 valence electrons. The third-order valence-electron chi connectivity index (χ3n) is 6.71.